The summed E-state index contributed by atoms with van der Waals surface area (Å²) < 4.78 is 10.7. The van der Waals surface area contributed by atoms with Crippen LogP contribution in [-0.2, 0) is 6.42 Å². The van der Waals surface area contributed by atoms with Crippen LogP contribution in [0.1, 0.15) is 43.7 Å². The lowest BCUT2D eigenvalue weighted by Crippen LogP contribution is -2.15. The monoisotopic (exact) mass is 279 g/mol. The third-order valence-corrected chi connectivity index (χ3v) is 3.57. The standard InChI is InChI=1S/C17H29NO2/c1-5-10-18-11-8-6-7-9-15-13-17(20-4)16(19-3)12-14(15)2/h12-13,18H,5-11H2,1-4H3. The normalized spacial score (nSPS) is 10.6. The number of ether oxygens (including phenoxy) is 2. The Balaban J connectivity index is 2.40. The summed E-state index contributed by atoms with van der Waals surface area (Å²) in [5.41, 5.74) is 2.65. The molecule has 0 heterocycles. The molecule has 0 bridgehead atoms. The lowest BCUT2D eigenvalue weighted by Gasteiger charge is -2.12. The van der Waals surface area contributed by atoms with Crippen molar-refractivity contribution in [3.63, 3.8) is 0 Å². The van der Waals surface area contributed by atoms with Crippen molar-refractivity contribution in [2.45, 2.75) is 46.0 Å². The van der Waals surface area contributed by atoms with Crippen LogP contribution in [0, 0.1) is 6.92 Å². The molecule has 1 rings (SSSR count). The molecule has 0 unspecified atom stereocenters. The molecule has 0 fully saturated rings. The Morgan fingerprint density at radius 2 is 1.65 bits per heavy atom. The molecule has 0 aromatic heterocycles. The van der Waals surface area contributed by atoms with Crippen LogP contribution in [-0.4, -0.2) is 27.3 Å². The first kappa shape index (κ1) is 16.8. The van der Waals surface area contributed by atoms with E-state index in [1.54, 1.807) is 14.2 Å². The summed E-state index contributed by atoms with van der Waals surface area (Å²) in [7, 11) is 3.37. The van der Waals surface area contributed by atoms with Gasteiger partial charge in [-0.2, -0.15) is 0 Å². The Morgan fingerprint density at radius 1 is 0.950 bits per heavy atom. The van der Waals surface area contributed by atoms with Gasteiger partial charge in [-0.15, -0.1) is 0 Å². The van der Waals surface area contributed by atoms with E-state index in [2.05, 4.69) is 31.3 Å². The van der Waals surface area contributed by atoms with Crippen LogP contribution in [0.3, 0.4) is 0 Å². The summed E-state index contributed by atoms with van der Waals surface area (Å²) >= 11 is 0. The number of nitrogens with one attached hydrogen (secondary N) is 1. The highest BCUT2D eigenvalue weighted by Gasteiger charge is 2.08. The van der Waals surface area contributed by atoms with Crippen molar-refractivity contribution < 1.29 is 9.47 Å². The smallest absolute Gasteiger partial charge is 0.161 e. The Kier molecular flexibility index (Phi) is 8.12. The summed E-state index contributed by atoms with van der Waals surface area (Å²) in [6, 6.07) is 4.18. The first-order chi connectivity index (χ1) is 9.72. The molecular weight excluding hydrogens is 250 g/mol. The molecule has 3 heteroatoms. The van der Waals surface area contributed by atoms with E-state index < -0.39 is 0 Å². The van der Waals surface area contributed by atoms with Crippen LogP contribution >= 0.6 is 0 Å². The zero-order valence-electron chi connectivity index (χ0n) is 13.4. The maximum atomic E-state index is 5.37. The van der Waals surface area contributed by atoms with Gasteiger partial charge < -0.3 is 14.8 Å². The molecule has 1 aromatic carbocycles. The van der Waals surface area contributed by atoms with Crippen molar-refractivity contribution >= 4 is 0 Å². The fraction of sp³-hybridized carbons (Fsp3) is 0.647. The molecule has 0 aliphatic rings. The van der Waals surface area contributed by atoms with Gasteiger partial charge in [0.05, 0.1) is 14.2 Å². The topological polar surface area (TPSA) is 30.5 Å². The van der Waals surface area contributed by atoms with E-state index in [-0.39, 0.29) is 0 Å². The van der Waals surface area contributed by atoms with Gasteiger partial charge in [-0.1, -0.05) is 13.3 Å². The summed E-state index contributed by atoms with van der Waals surface area (Å²) in [4.78, 5) is 0. The van der Waals surface area contributed by atoms with Gasteiger partial charge in [-0.05, 0) is 69.0 Å². The van der Waals surface area contributed by atoms with Crippen molar-refractivity contribution in [1.82, 2.24) is 5.32 Å². The Bertz CT molecular complexity index is 391. The van der Waals surface area contributed by atoms with E-state index in [1.165, 1.54) is 36.8 Å². The second kappa shape index (κ2) is 9.65. The van der Waals surface area contributed by atoms with Crippen molar-refractivity contribution in [2.75, 3.05) is 27.3 Å². The molecule has 0 spiro atoms. The molecule has 0 saturated heterocycles. The van der Waals surface area contributed by atoms with E-state index >= 15 is 0 Å². The SMILES string of the molecule is CCCNCCCCCc1cc(OC)c(OC)cc1C. The molecule has 0 atom stereocenters. The van der Waals surface area contributed by atoms with Gasteiger partial charge in [-0.25, -0.2) is 0 Å². The molecule has 1 N–H and O–H groups in total. The lowest BCUT2D eigenvalue weighted by atomic mass is 10.0. The Labute approximate surface area is 123 Å². The second-order valence-corrected chi connectivity index (χ2v) is 5.19. The summed E-state index contributed by atoms with van der Waals surface area (Å²) in [5.74, 6) is 1.65. The molecular formula is C17H29NO2. The van der Waals surface area contributed by atoms with Crippen LogP contribution in [0.15, 0.2) is 12.1 Å². The van der Waals surface area contributed by atoms with Gasteiger partial charge in [0.25, 0.3) is 0 Å². The van der Waals surface area contributed by atoms with Gasteiger partial charge >= 0.3 is 0 Å². The largest absolute Gasteiger partial charge is 0.493 e. The maximum absolute atomic E-state index is 5.37. The third kappa shape index (κ3) is 5.41. The highest BCUT2D eigenvalue weighted by Crippen LogP contribution is 2.30. The molecule has 3 nitrogen and oxygen atoms in total. The number of hydrogen-bond acceptors (Lipinski definition) is 3. The van der Waals surface area contributed by atoms with E-state index in [1.807, 2.05) is 0 Å². The quantitative estimate of drug-likeness (QED) is 0.662. The Morgan fingerprint density at radius 3 is 2.30 bits per heavy atom. The number of hydrogen-bond donors (Lipinski definition) is 1. The number of unbranched alkanes of at least 4 members (excludes halogenated alkanes) is 2. The van der Waals surface area contributed by atoms with E-state index in [0.29, 0.717) is 0 Å². The van der Waals surface area contributed by atoms with Crippen LogP contribution in [0.2, 0.25) is 0 Å². The zero-order valence-corrected chi connectivity index (χ0v) is 13.4. The van der Waals surface area contributed by atoms with Gasteiger partial charge in [-0.3, -0.25) is 0 Å². The van der Waals surface area contributed by atoms with Crippen LogP contribution < -0.4 is 14.8 Å². The van der Waals surface area contributed by atoms with E-state index in [4.69, 9.17) is 9.47 Å². The molecule has 1 aromatic rings. The van der Waals surface area contributed by atoms with E-state index in [0.717, 1.165) is 31.0 Å². The average molecular weight is 279 g/mol. The van der Waals surface area contributed by atoms with Gasteiger partial charge in [0.15, 0.2) is 11.5 Å². The molecule has 114 valence electrons. The number of benzene rings is 1. The molecule has 0 saturated carbocycles. The maximum Gasteiger partial charge on any atom is 0.161 e. The van der Waals surface area contributed by atoms with Gasteiger partial charge in [0, 0.05) is 0 Å². The molecule has 0 aliphatic heterocycles. The lowest BCUT2D eigenvalue weighted by molar-refractivity contribution is 0.354. The number of aryl methyl sites for hydroxylation is 2. The van der Waals surface area contributed by atoms with Gasteiger partial charge in [0.1, 0.15) is 0 Å². The number of rotatable bonds is 10. The summed E-state index contributed by atoms with van der Waals surface area (Å²) in [6.45, 7) is 6.61. The van der Waals surface area contributed by atoms with Crippen molar-refractivity contribution in [3.8, 4) is 11.5 Å². The highest BCUT2D eigenvalue weighted by molar-refractivity contribution is 5.47. The molecule has 0 amide bonds. The molecule has 0 aliphatic carbocycles. The van der Waals surface area contributed by atoms with Crippen LogP contribution in [0.5, 0.6) is 11.5 Å². The van der Waals surface area contributed by atoms with Crippen LogP contribution in [0.25, 0.3) is 0 Å². The van der Waals surface area contributed by atoms with E-state index in [9.17, 15) is 0 Å². The summed E-state index contributed by atoms with van der Waals surface area (Å²) in [6.07, 6.45) is 6.08. The van der Waals surface area contributed by atoms with Crippen molar-refractivity contribution in [3.05, 3.63) is 23.3 Å². The van der Waals surface area contributed by atoms with Crippen molar-refractivity contribution in [2.24, 2.45) is 0 Å². The fourth-order valence-corrected chi connectivity index (χ4v) is 2.34. The zero-order chi connectivity index (χ0) is 14.8. The third-order valence-electron chi connectivity index (χ3n) is 3.57. The predicted octanol–water partition coefficient (Wildman–Crippen LogP) is 3.72. The predicted molar refractivity (Wildman–Crippen MR) is 85.0 cm³/mol. The average Bonchev–Trinajstić information content (AvgIpc) is 2.47. The first-order valence-electron chi connectivity index (χ1n) is 7.65. The summed E-state index contributed by atoms with van der Waals surface area (Å²) in [5, 5.41) is 3.44. The van der Waals surface area contributed by atoms with Crippen molar-refractivity contribution in [1.29, 1.82) is 0 Å². The molecule has 0 radical (unpaired) electrons. The van der Waals surface area contributed by atoms with Gasteiger partial charge in [0.2, 0.25) is 0 Å². The minimum absolute atomic E-state index is 0.817. The highest BCUT2D eigenvalue weighted by atomic mass is 16.5. The first-order valence-corrected chi connectivity index (χ1v) is 7.65. The number of methoxy groups -OCH3 is 2. The minimum atomic E-state index is 0.817. The van der Waals surface area contributed by atoms with Crippen LogP contribution in [0.4, 0.5) is 0 Å². The second-order valence-electron chi connectivity index (χ2n) is 5.19. The Hall–Kier alpha value is -1.22. The molecule has 20 heavy (non-hydrogen) atoms. The fourth-order valence-electron chi connectivity index (χ4n) is 2.34. The minimum Gasteiger partial charge on any atom is -0.493 e.